The van der Waals surface area contributed by atoms with Crippen LogP contribution in [-0.4, -0.2) is 53.6 Å². The highest BCUT2D eigenvalue weighted by molar-refractivity contribution is 6.03. The van der Waals surface area contributed by atoms with Gasteiger partial charge in [-0.05, 0) is 50.4 Å². The predicted molar refractivity (Wildman–Crippen MR) is 128 cm³/mol. The van der Waals surface area contributed by atoms with Gasteiger partial charge >= 0.3 is 0 Å². The average molecular weight is 451 g/mol. The van der Waals surface area contributed by atoms with Crippen LogP contribution in [0.4, 0.5) is 0 Å². The van der Waals surface area contributed by atoms with Crippen LogP contribution in [-0.2, 0) is 9.59 Å². The Morgan fingerprint density at radius 3 is 2.76 bits per heavy atom. The highest BCUT2D eigenvalue weighted by Gasteiger charge is 2.36. The number of benzene rings is 1. The molecule has 4 rings (SSSR count). The molecule has 2 aromatic rings. The van der Waals surface area contributed by atoms with Crippen molar-refractivity contribution in [3.8, 4) is 0 Å². The molecule has 7 nitrogen and oxygen atoms in total. The van der Waals surface area contributed by atoms with E-state index in [1.165, 1.54) is 5.56 Å². The third-order valence-electron chi connectivity index (χ3n) is 6.49. The number of furan rings is 1. The van der Waals surface area contributed by atoms with Crippen LogP contribution in [0.15, 0.2) is 52.2 Å². The molecule has 1 fully saturated rings. The van der Waals surface area contributed by atoms with Gasteiger partial charge in [0, 0.05) is 19.5 Å². The van der Waals surface area contributed by atoms with Gasteiger partial charge in [0.1, 0.15) is 11.8 Å². The number of piperidine rings is 1. The highest BCUT2D eigenvalue weighted by Crippen LogP contribution is 2.33. The molecule has 0 bridgehead atoms. The van der Waals surface area contributed by atoms with Crippen molar-refractivity contribution in [2.75, 3.05) is 26.2 Å². The molecule has 0 spiro atoms. The van der Waals surface area contributed by atoms with Crippen LogP contribution in [0.1, 0.15) is 62.0 Å². The first-order chi connectivity index (χ1) is 16.0. The molecule has 0 radical (unpaired) electrons. The molecule has 2 unspecified atom stereocenters. The van der Waals surface area contributed by atoms with Crippen molar-refractivity contribution in [2.24, 2.45) is 11.0 Å². The van der Waals surface area contributed by atoms with Gasteiger partial charge in [-0.1, -0.05) is 43.2 Å². The smallest absolute Gasteiger partial charge is 0.257 e. The third kappa shape index (κ3) is 5.71. The van der Waals surface area contributed by atoms with Crippen LogP contribution in [0.3, 0.4) is 0 Å². The Labute approximate surface area is 195 Å². The number of hydrogen-bond acceptors (Lipinski definition) is 5. The van der Waals surface area contributed by atoms with Gasteiger partial charge in [0.05, 0.1) is 24.4 Å². The number of unbranched alkanes of at least 4 members (excludes halogenated alkanes) is 1. The average Bonchev–Trinajstić information content (AvgIpc) is 3.50. The van der Waals surface area contributed by atoms with E-state index in [1.54, 1.807) is 11.3 Å². The molecule has 1 aromatic heterocycles. The quantitative estimate of drug-likeness (QED) is 0.619. The van der Waals surface area contributed by atoms with Crippen molar-refractivity contribution in [1.82, 2.24) is 15.2 Å². The Morgan fingerprint density at radius 2 is 2.03 bits per heavy atom. The van der Waals surface area contributed by atoms with Crippen molar-refractivity contribution in [1.29, 1.82) is 0 Å². The highest BCUT2D eigenvalue weighted by atomic mass is 16.3. The number of nitrogens with zero attached hydrogens (tertiary/aromatic N) is 3. The van der Waals surface area contributed by atoms with E-state index in [4.69, 9.17) is 9.52 Å². The lowest BCUT2D eigenvalue weighted by Gasteiger charge is -2.32. The molecule has 0 saturated carbocycles. The Kier molecular flexibility index (Phi) is 7.60. The van der Waals surface area contributed by atoms with E-state index in [9.17, 15) is 9.59 Å². The number of carbonyl (C=O) groups is 2. The molecule has 1 N–H and O–H groups in total. The summed E-state index contributed by atoms with van der Waals surface area (Å²) in [5.74, 6) is 0.718. The molecule has 2 atom stereocenters. The molecule has 0 aliphatic carbocycles. The van der Waals surface area contributed by atoms with Crippen molar-refractivity contribution in [3.63, 3.8) is 0 Å². The van der Waals surface area contributed by atoms with Gasteiger partial charge in [-0.3, -0.25) is 14.5 Å². The summed E-state index contributed by atoms with van der Waals surface area (Å²) in [6.45, 7) is 6.56. The molecule has 176 valence electrons. The minimum Gasteiger partial charge on any atom is -0.467 e. The van der Waals surface area contributed by atoms with Gasteiger partial charge in [0.25, 0.3) is 5.91 Å². The monoisotopic (exact) mass is 450 g/mol. The number of hydrazone groups is 1. The van der Waals surface area contributed by atoms with Gasteiger partial charge in [-0.15, -0.1) is 0 Å². The van der Waals surface area contributed by atoms with E-state index < -0.39 is 0 Å². The SMILES string of the molecule is CCCCNC(=O)C1CCCN(CC(=O)N2N=C(c3ccc(C)cc3)CC2c2ccco2)C1. The fraction of sp³-hybridized carbons (Fsp3) is 0.500. The first-order valence-electron chi connectivity index (χ1n) is 12.0. The van der Waals surface area contributed by atoms with E-state index in [1.807, 2.05) is 24.3 Å². The Hall–Kier alpha value is -2.93. The zero-order valence-corrected chi connectivity index (χ0v) is 19.6. The standard InChI is InChI=1S/C26H34N4O3/c1-3-4-13-27-26(32)21-7-5-14-29(17-21)18-25(31)30-23(24-8-6-15-33-24)16-22(28-30)20-11-9-19(2)10-12-20/h6,8-12,15,21,23H,3-5,7,13-14,16-18H2,1-2H3,(H,27,32). The normalized spacial score (nSPS) is 21.2. The van der Waals surface area contributed by atoms with Crippen molar-refractivity contribution >= 4 is 17.5 Å². The molecular weight excluding hydrogens is 416 g/mol. The van der Waals surface area contributed by atoms with Gasteiger partial charge in [0.2, 0.25) is 5.91 Å². The number of amides is 2. The van der Waals surface area contributed by atoms with Crippen molar-refractivity contribution < 1.29 is 14.0 Å². The lowest BCUT2D eigenvalue weighted by molar-refractivity contribution is -0.136. The largest absolute Gasteiger partial charge is 0.467 e. The molecule has 2 aliphatic heterocycles. The van der Waals surface area contributed by atoms with Gasteiger partial charge < -0.3 is 9.73 Å². The number of hydrogen-bond donors (Lipinski definition) is 1. The van der Waals surface area contributed by atoms with Crippen LogP contribution < -0.4 is 5.32 Å². The third-order valence-corrected chi connectivity index (χ3v) is 6.49. The number of rotatable bonds is 8. The Bertz CT molecular complexity index is 968. The molecule has 3 heterocycles. The second-order valence-corrected chi connectivity index (χ2v) is 9.11. The second-order valence-electron chi connectivity index (χ2n) is 9.11. The summed E-state index contributed by atoms with van der Waals surface area (Å²) in [6.07, 6.45) is 6.09. The Balaban J connectivity index is 1.44. The first kappa shape index (κ1) is 23.2. The van der Waals surface area contributed by atoms with Crippen LogP contribution in [0.25, 0.3) is 0 Å². The molecule has 1 aromatic carbocycles. The van der Waals surface area contributed by atoms with E-state index in [2.05, 4.69) is 36.2 Å². The first-order valence-corrected chi connectivity index (χ1v) is 12.0. The fourth-order valence-corrected chi connectivity index (χ4v) is 4.57. The molecule has 2 amide bonds. The lowest BCUT2D eigenvalue weighted by Crippen LogP contribution is -2.46. The maximum atomic E-state index is 13.4. The maximum absolute atomic E-state index is 13.4. The van der Waals surface area contributed by atoms with Gasteiger partial charge in [-0.2, -0.15) is 5.10 Å². The zero-order chi connectivity index (χ0) is 23.2. The van der Waals surface area contributed by atoms with E-state index in [-0.39, 0.29) is 30.3 Å². The Morgan fingerprint density at radius 1 is 1.21 bits per heavy atom. The molecular formula is C26H34N4O3. The number of aryl methyl sites for hydroxylation is 1. The zero-order valence-electron chi connectivity index (χ0n) is 19.6. The summed E-state index contributed by atoms with van der Waals surface area (Å²) in [5, 5.41) is 9.35. The number of carbonyl (C=O) groups excluding carboxylic acids is 2. The van der Waals surface area contributed by atoms with Gasteiger partial charge in [-0.25, -0.2) is 5.01 Å². The van der Waals surface area contributed by atoms with E-state index in [0.29, 0.717) is 13.0 Å². The van der Waals surface area contributed by atoms with Crippen LogP contribution in [0.2, 0.25) is 0 Å². The summed E-state index contributed by atoms with van der Waals surface area (Å²) in [5.41, 5.74) is 3.09. The molecule has 1 saturated heterocycles. The molecule has 2 aliphatic rings. The summed E-state index contributed by atoms with van der Waals surface area (Å²) < 4.78 is 5.65. The number of nitrogens with one attached hydrogen (secondary N) is 1. The second kappa shape index (κ2) is 10.8. The van der Waals surface area contributed by atoms with Crippen LogP contribution in [0.5, 0.6) is 0 Å². The number of likely N-dealkylation sites (tertiary alicyclic amines) is 1. The predicted octanol–water partition coefficient (Wildman–Crippen LogP) is 3.89. The van der Waals surface area contributed by atoms with Crippen LogP contribution >= 0.6 is 0 Å². The lowest BCUT2D eigenvalue weighted by atomic mass is 9.97. The summed E-state index contributed by atoms with van der Waals surface area (Å²) in [7, 11) is 0. The van der Waals surface area contributed by atoms with Crippen molar-refractivity contribution in [2.45, 2.75) is 52.0 Å². The topological polar surface area (TPSA) is 78.2 Å². The van der Waals surface area contributed by atoms with Gasteiger partial charge in [0.15, 0.2) is 0 Å². The minimum atomic E-state index is -0.248. The fourth-order valence-electron chi connectivity index (χ4n) is 4.57. The summed E-state index contributed by atoms with van der Waals surface area (Å²) >= 11 is 0. The van der Waals surface area contributed by atoms with E-state index in [0.717, 1.165) is 55.8 Å². The molecule has 7 heteroatoms. The minimum absolute atomic E-state index is 0.0607. The van der Waals surface area contributed by atoms with Crippen LogP contribution in [0, 0.1) is 12.8 Å². The maximum Gasteiger partial charge on any atom is 0.257 e. The van der Waals surface area contributed by atoms with E-state index >= 15 is 0 Å². The summed E-state index contributed by atoms with van der Waals surface area (Å²) in [6, 6.07) is 11.7. The van der Waals surface area contributed by atoms with Crippen molar-refractivity contribution in [3.05, 3.63) is 59.5 Å². The molecule has 33 heavy (non-hydrogen) atoms. The summed E-state index contributed by atoms with van der Waals surface area (Å²) in [4.78, 5) is 28.0.